The molecule has 0 radical (unpaired) electrons. The minimum absolute atomic E-state index is 0.0458. The molecule has 31 heavy (non-hydrogen) atoms. The lowest BCUT2D eigenvalue weighted by Crippen LogP contribution is -2.16. The van der Waals surface area contributed by atoms with Gasteiger partial charge in [-0.25, -0.2) is 9.37 Å². The van der Waals surface area contributed by atoms with Gasteiger partial charge in [0, 0.05) is 36.1 Å². The number of thiazole rings is 1. The Balaban J connectivity index is 1.35. The summed E-state index contributed by atoms with van der Waals surface area (Å²) in [5.74, 6) is 1.45. The summed E-state index contributed by atoms with van der Waals surface area (Å²) in [5, 5.41) is 10.6. The zero-order valence-electron chi connectivity index (χ0n) is 17.0. The molecule has 2 saturated carbocycles. The molecule has 0 aliphatic heterocycles. The first-order valence-electron chi connectivity index (χ1n) is 10.4. The van der Waals surface area contributed by atoms with E-state index in [0.717, 1.165) is 31.4 Å². The summed E-state index contributed by atoms with van der Waals surface area (Å²) in [6.07, 6.45) is 6.18. The number of nitrogens with one attached hydrogen (secondary N) is 1. The third kappa shape index (κ3) is 3.72. The zero-order chi connectivity index (χ0) is 21.7. The average molecular weight is 460 g/mol. The van der Waals surface area contributed by atoms with Gasteiger partial charge in [-0.2, -0.15) is 5.10 Å². The molecule has 6 nitrogen and oxygen atoms in total. The molecule has 0 spiro atoms. The molecule has 5 rings (SSSR count). The SMILES string of the molecule is Cn1nc(C2CC3CC(c4nccs4)CC3C2)c(C(=O)Nc2ccc(F)c(Cl)c2)c1N. The fraction of sp³-hybridized carbons (Fsp3) is 0.409. The van der Waals surface area contributed by atoms with Gasteiger partial charge in [0.2, 0.25) is 0 Å². The van der Waals surface area contributed by atoms with Crippen LogP contribution in [0.5, 0.6) is 0 Å². The second-order valence-electron chi connectivity index (χ2n) is 8.58. The molecule has 3 N–H and O–H groups in total. The number of nitrogens with two attached hydrogens (primary N) is 1. The van der Waals surface area contributed by atoms with Gasteiger partial charge in [-0.1, -0.05) is 11.6 Å². The van der Waals surface area contributed by atoms with Crippen molar-refractivity contribution in [2.45, 2.75) is 37.5 Å². The molecule has 2 aliphatic rings. The first-order chi connectivity index (χ1) is 14.9. The van der Waals surface area contributed by atoms with Gasteiger partial charge in [-0.3, -0.25) is 9.48 Å². The number of rotatable bonds is 4. The largest absolute Gasteiger partial charge is 0.383 e. The molecule has 2 heterocycles. The van der Waals surface area contributed by atoms with Crippen molar-refractivity contribution < 1.29 is 9.18 Å². The van der Waals surface area contributed by atoms with E-state index in [1.807, 2.05) is 11.6 Å². The quantitative estimate of drug-likeness (QED) is 0.562. The maximum absolute atomic E-state index is 13.4. The van der Waals surface area contributed by atoms with Crippen LogP contribution >= 0.6 is 22.9 Å². The summed E-state index contributed by atoms with van der Waals surface area (Å²) >= 11 is 7.59. The standard InChI is InChI=1S/C22H23ClFN5OS/c1-29-20(25)18(21(30)27-15-2-3-17(24)16(23)10-15)19(28-29)13-6-11-8-14(9-12(11)7-13)22-26-4-5-31-22/h2-5,10-14H,6-9,25H2,1H3,(H,27,30). The summed E-state index contributed by atoms with van der Waals surface area (Å²) < 4.78 is 15.0. The highest BCUT2D eigenvalue weighted by Gasteiger charge is 2.45. The van der Waals surface area contributed by atoms with E-state index in [9.17, 15) is 9.18 Å². The smallest absolute Gasteiger partial charge is 0.261 e. The molecule has 2 unspecified atom stereocenters. The highest BCUT2D eigenvalue weighted by atomic mass is 35.5. The minimum Gasteiger partial charge on any atom is -0.383 e. The molecular weight excluding hydrogens is 437 g/mol. The Morgan fingerprint density at radius 2 is 1.97 bits per heavy atom. The Labute approximate surface area is 188 Å². The van der Waals surface area contributed by atoms with Crippen LogP contribution in [0.4, 0.5) is 15.9 Å². The molecule has 1 aromatic carbocycles. The normalized spacial score (nSPS) is 25.0. The van der Waals surface area contributed by atoms with Crippen molar-refractivity contribution in [3.05, 3.63) is 56.9 Å². The topological polar surface area (TPSA) is 85.8 Å². The molecular formula is C22H23ClFN5OS. The fourth-order valence-electron chi connectivity index (χ4n) is 5.32. The molecule has 0 saturated heterocycles. The summed E-state index contributed by atoms with van der Waals surface area (Å²) in [4.78, 5) is 17.6. The summed E-state index contributed by atoms with van der Waals surface area (Å²) in [5.41, 5.74) is 7.81. The van der Waals surface area contributed by atoms with Crippen molar-refractivity contribution in [3.8, 4) is 0 Å². The van der Waals surface area contributed by atoms with E-state index < -0.39 is 5.82 Å². The van der Waals surface area contributed by atoms with Crippen LogP contribution in [0.3, 0.4) is 0 Å². The second kappa shape index (κ2) is 7.91. The second-order valence-corrected chi connectivity index (χ2v) is 9.91. The monoisotopic (exact) mass is 459 g/mol. The van der Waals surface area contributed by atoms with Crippen LogP contribution in [0.25, 0.3) is 0 Å². The van der Waals surface area contributed by atoms with Crippen LogP contribution in [0, 0.1) is 17.7 Å². The third-order valence-corrected chi connectivity index (χ3v) is 7.95. The van der Waals surface area contributed by atoms with Gasteiger partial charge in [-0.15, -0.1) is 11.3 Å². The van der Waals surface area contributed by atoms with Crippen molar-refractivity contribution in [1.29, 1.82) is 0 Å². The molecule has 2 atom stereocenters. The van der Waals surface area contributed by atoms with E-state index in [2.05, 4.69) is 15.4 Å². The molecule has 9 heteroatoms. The van der Waals surface area contributed by atoms with E-state index >= 15 is 0 Å². The predicted octanol–water partition coefficient (Wildman–Crippen LogP) is 5.19. The van der Waals surface area contributed by atoms with E-state index in [1.165, 1.54) is 23.2 Å². The first kappa shape index (κ1) is 20.5. The van der Waals surface area contributed by atoms with Crippen LogP contribution in [0.2, 0.25) is 5.02 Å². The van der Waals surface area contributed by atoms with Crippen molar-refractivity contribution in [1.82, 2.24) is 14.8 Å². The van der Waals surface area contributed by atoms with Gasteiger partial charge >= 0.3 is 0 Å². The Morgan fingerprint density at radius 1 is 1.26 bits per heavy atom. The summed E-state index contributed by atoms with van der Waals surface area (Å²) in [7, 11) is 1.75. The summed E-state index contributed by atoms with van der Waals surface area (Å²) in [6, 6.07) is 4.09. The number of hydrogen-bond acceptors (Lipinski definition) is 5. The van der Waals surface area contributed by atoms with Gasteiger partial charge in [0.15, 0.2) is 0 Å². The molecule has 162 valence electrons. The lowest BCUT2D eigenvalue weighted by atomic mass is 9.94. The lowest BCUT2D eigenvalue weighted by molar-refractivity contribution is 0.102. The molecule has 0 bridgehead atoms. The van der Waals surface area contributed by atoms with Crippen LogP contribution in [-0.4, -0.2) is 20.7 Å². The Hall–Kier alpha value is -2.45. The Bertz CT molecular complexity index is 1120. The van der Waals surface area contributed by atoms with Crippen LogP contribution in [-0.2, 0) is 7.05 Å². The van der Waals surface area contributed by atoms with E-state index in [0.29, 0.717) is 34.8 Å². The van der Waals surface area contributed by atoms with Gasteiger partial charge in [0.05, 0.1) is 15.7 Å². The Morgan fingerprint density at radius 3 is 2.61 bits per heavy atom. The number of aryl methyl sites for hydroxylation is 1. The zero-order valence-corrected chi connectivity index (χ0v) is 18.6. The molecule has 1 amide bonds. The highest BCUT2D eigenvalue weighted by Crippen LogP contribution is 2.55. The number of amides is 1. The number of aromatic nitrogens is 3. The predicted molar refractivity (Wildman–Crippen MR) is 120 cm³/mol. The maximum atomic E-state index is 13.4. The molecule has 3 aromatic rings. The number of benzene rings is 1. The average Bonchev–Trinajstić information content (AvgIpc) is 3.48. The highest BCUT2D eigenvalue weighted by molar-refractivity contribution is 7.09. The number of carbonyl (C=O) groups is 1. The van der Waals surface area contributed by atoms with E-state index in [4.69, 9.17) is 17.3 Å². The van der Waals surface area contributed by atoms with Crippen molar-refractivity contribution >= 4 is 40.4 Å². The van der Waals surface area contributed by atoms with Gasteiger partial charge in [0.1, 0.15) is 17.2 Å². The van der Waals surface area contributed by atoms with Gasteiger partial charge in [0.25, 0.3) is 5.91 Å². The van der Waals surface area contributed by atoms with Crippen LogP contribution in [0.15, 0.2) is 29.8 Å². The third-order valence-electron chi connectivity index (χ3n) is 6.73. The molecule has 2 fully saturated rings. The number of anilines is 2. The lowest BCUT2D eigenvalue weighted by Gasteiger charge is -2.14. The number of nitrogen functional groups attached to an aromatic ring is 1. The number of nitrogens with zero attached hydrogens (tertiary/aromatic N) is 3. The van der Waals surface area contributed by atoms with Crippen molar-refractivity contribution in [2.75, 3.05) is 11.1 Å². The van der Waals surface area contributed by atoms with Crippen molar-refractivity contribution in [3.63, 3.8) is 0 Å². The fourth-order valence-corrected chi connectivity index (χ4v) is 6.27. The number of hydrogen-bond donors (Lipinski definition) is 2. The summed E-state index contributed by atoms with van der Waals surface area (Å²) in [6.45, 7) is 0. The molecule has 2 aliphatic carbocycles. The minimum atomic E-state index is -0.533. The number of fused-ring (bicyclic) bond motifs is 1. The Kier molecular flexibility index (Phi) is 5.22. The maximum Gasteiger partial charge on any atom is 0.261 e. The first-order valence-corrected chi connectivity index (χ1v) is 11.6. The number of halogens is 2. The van der Waals surface area contributed by atoms with Gasteiger partial charge in [-0.05, 0) is 55.7 Å². The van der Waals surface area contributed by atoms with E-state index in [1.54, 1.807) is 23.1 Å². The number of carbonyl (C=O) groups excluding carboxylic acids is 1. The van der Waals surface area contributed by atoms with Crippen LogP contribution in [0.1, 0.15) is 58.6 Å². The molecule has 2 aromatic heterocycles. The van der Waals surface area contributed by atoms with Gasteiger partial charge < -0.3 is 11.1 Å². The van der Waals surface area contributed by atoms with Crippen molar-refractivity contribution in [2.24, 2.45) is 18.9 Å². The van der Waals surface area contributed by atoms with Crippen LogP contribution < -0.4 is 11.1 Å². The van der Waals surface area contributed by atoms with E-state index in [-0.39, 0.29) is 16.8 Å².